The maximum atomic E-state index is 12.7. The molecule has 0 amide bonds. The molecule has 1 aromatic rings. The lowest BCUT2D eigenvalue weighted by Gasteiger charge is -2.35. The van der Waals surface area contributed by atoms with Gasteiger partial charge in [0.05, 0.1) is 9.82 Å². The van der Waals surface area contributed by atoms with Crippen molar-refractivity contribution < 1.29 is 13.3 Å². The van der Waals surface area contributed by atoms with Crippen LogP contribution in [-0.2, 0) is 10.0 Å². The van der Waals surface area contributed by atoms with E-state index in [2.05, 4.69) is 5.32 Å². The molecule has 1 N–H and O–H groups in total. The van der Waals surface area contributed by atoms with Crippen molar-refractivity contribution in [3.63, 3.8) is 0 Å². The van der Waals surface area contributed by atoms with Crippen molar-refractivity contribution in [3.05, 3.63) is 33.9 Å². The van der Waals surface area contributed by atoms with Gasteiger partial charge >= 0.3 is 0 Å². The molecule has 0 spiro atoms. The molecule has 1 aliphatic heterocycles. The molecule has 9 heteroatoms. The van der Waals surface area contributed by atoms with Gasteiger partial charge in [-0.05, 0) is 32.4 Å². The van der Waals surface area contributed by atoms with E-state index in [0.717, 1.165) is 0 Å². The third kappa shape index (κ3) is 3.75. The molecule has 0 aliphatic carbocycles. The second kappa shape index (κ2) is 6.91. The number of rotatable bonds is 3. The summed E-state index contributed by atoms with van der Waals surface area (Å²) in [4.78, 5) is 10.3. The Morgan fingerprint density at radius 2 is 1.82 bits per heavy atom. The van der Waals surface area contributed by atoms with Gasteiger partial charge in [0.25, 0.3) is 5.69 Å². The van der Waals surface area contributed by atoms with Crippen molar-refractivity contribution in [2.45, 2.75) is 37.8 Å². The summed E-state index contributed by atoms with van der Waals surface area (Å²) in [6.45, 7) is 6.23. The van der Waals surface area contributed by atoms with Crippen LogP contribution in [0.15, 0.2) is 23.1 Å². The molecule has 1 aliphatic rings. The van der Waals surface area contributed by atoms with Crippen LogP contribution in [0.2, 0.25) is 0 Å². The molecule has 22 heavy (non-hydrogen) atoms. The summed E-state index contributed by atoms with van der Waals surface area (Å²) < 4.78 is 26.9. The average Bonchev–Trinajstić information content (AvgIpc) is 2.36. The Labute approximate surface area is 136 Å². The third-order valence-electron chi connectivity index (χ3n) is 3.51. The largest absolute Gasteiger partial charge is 0.309 e. The van der Waals surface area contributed by atoms with Gasteiger partial charge in [-0.3, -0.25) is 10.1 Å². The number of nitrogens with zero attached hydrogens (tertiary/aromatic N) is 2. The predicted molar refractivity (Wildman–Crippen MR) is 85.9 cm³/mol. The Kier molecular flexibility index (Phi) is 5.91. The van der Waals surface area contributed by atoms with E-state index < -0.39 is 14.9 Å². The van der Waals surface area contributed by atoms with E-state index in [0.29, 0.717) is 18.7 Å². The molecule has 2 rings (SSSR count). The predicted octanol–water partition coefficient (Wildman–Crippen LogP) is 1.70. The molecule has 1 saturated heterocycles. The Bertz CT molecular complexity index is 655. The first-order chi connectivity index (χ1) is 9.71. The third-order valence-corrected chi connectivity index (χ3v) is 5.50. The van der Waals surface area contributed by atoms with Crippen LogP contribution in [0.4, 0.5) is 5.69 Å². The summed E-state index contributed by atoms with van der Waals surface area (Å²) in [5.41, 5.74) is 0.288. The highest BCUT2D eigenvalue weighted by atomic mass is 35.5. The SMILES string of the molecule is Cc1cc([N+](=O)[O-])ccc1S(=O)(=O)N1CC(C)NC(C)C1.Cl. The van der Waals surface area contributed by atoms with Crippen molar-refractivity contribution >= 4 is 28.1 Å². The quantitative estimate of drug-likeness (QED) is 0.662. The van der Waals surface area contributed by atoms with Crippen LogP contribution in [0.3, 0.4) is 0 Å². The van der Waals surface area contributed by atoms with Crippen molar-refractivity contribution in [1.82, 2.24) is 9.62 Å². The zero-order valence-electron chi connectivity index (χ0n) is 12.6. The van der Waals surface area contributed by atoms with E-state index in [1.807, 2.05) is 13.8 Å². The lowest BCUT2D eigenvalue weighted by molar-refractivity contribution is -0.385. The van der Waals surface area contributed by atoms with Crippen LogP contribution in [0.25, 0.3) is 0 Å². The molecule has 1 aromatic carbocycles. The maximum absolute atomic E-state index is 12.7. The highest BCUT2D eigenvalue weighted by Crippen LogP contribution is 2.25. The summed E-state index contributed by atoms with van der Waals surface area (Å²) in [7, 11) is -3.63. The minimum atomic E-state index is -3.63. The fraction of sp³-hybridized carbons (Fsp3) is 0.538. The molecule has 1 fully saturated rings. The Hall–Kier alpha value is -1.22. The van der Waals surface area contributed by atoms with E-state index in [4.69, 9.17) is 0 Å². The highest BCUT2D eigenvalue weighted by molar-refractivity contribution is 7.89. The zero-order chi connectivity index (χ0) is 15.8. The fourth-order valence-corrected chi connectivity index (χ4v) is 4.47. The molecule has 1 heterocycles. The lowest BCUT2D eigenvalue weighted by Crippen LogP contribution is -2.55. The number of nitrogens with one attached hydrogen (secondary N) is 1. The van der Waals surface area contributed by atoms with Gasteiger partial charge in [0.2, 0.25) is 10.0 Å². The molecule has 0 aromatic heterocycles. The Morgan fingerprint density at radius 3 is 2.27 bits per heavy atom. The van der Waals surface area contributed by atoms with Crippen LogP contribution >= 0.6 is 12.4 Å². The molecule has 124 valence electrons. The molecule has 0 bridgehead atoms. The van der Waals surface area contributed by atoms with Crippen molar-refractivity contribution in [2.75, 3.05) is 13.1 Å². The topological polar surface area (TPSA) is 92.5 Å². The highest BCUT2D eigenvalue weighted by Gasteiger charge is 2.32. The van der Waals surface area contributed by atoms with Crippen molar-refractivity contribution in [1.29, 1.82) is 0 Å². The molecular formula is C13H20ClN3O4S. The normalized spacial score (nSPS) is 22.9. The molecular weight excluding hydrogens is 330 g/mol. The molecule has 2 atom stereocenters. The first-order valence-corrected chi connectivity index (χ1v) is 8.17. The van der Waals surface area contributed by atoms with Crippen LogP contribution in [0.5, 0.6) is 0 Å². The number of non-ortho nitro benzene ring substituents is 1. The van der Waals surface area contributed by atoms with Crippen molar-refractivity contribution in [3.8, 4) is 0 Å². The summed E-state index contributed by atoms with van der Waals surface area (Å²) in [5.74, 6) is 0. The van der Waals surface area contributed by atoms with Gasteiger partial charge in [-0.15, -0.1) is 12.4 Å². The van der Waals surface area contributed by atoms with Gasteiger partial charge < -0.3 is 5.32 Å². The number of piperazine rings is 1. The van der Waals surface area contributed by atoms with Crippen LogP contribution in [0, 0.1) is 17.0 Å². The minimum Gasteiger partial charge on any atom is -0.309 e. The van der Waals surface area contributed by atoms with Gasteiger partial charge in [0, 0.05) is 37.3 Å². The summed E-state index contributed by atoms with van der Waals surface area (Å²) in [6.07, 6.45) is 0. The van der Waals surface area contributed by atoms with Gasteiger partial charge in [0.1, 0.15) is 0 Å². The summed E-state index contributed by atoms with van der Waals surface area (Å²) in [6, 6.07) is 3.99. The second-order valence-corrected chi connectivity index (χ2v) is 7.40. The fourth-order valence-electron chi connectivity index (χ4n) is 2.65. The van der Waals surface area contributed by atoms with Gasteiger partial charge in [-0.1, -0.05) is 0 Å². The van der Waals surface area contributed by atoms with E-state index in [1.165, 1.54) is 22.5 Å². The Morgan fingerprint density at radius 1 is 1.27 bits per heavy atom. The van der Waals surface area contributed by atoms with Gasteiger partial charge in [0.15, 0.2) is 0 Å². The van der Waals surface area contributed by atoms with Crippen LogP contribution < -0.4 is 5.32 Å². The number of nitro groups is 1. The zero-order valence-corrected chi connectivity index (χ0v) is 14.3. The smallest absolute Gasteiger partial charge is 0.269 e. The molecule has 2 unspecified atom stereocenters. The molecule has 0 radical (unpaired) electrons. The molecule has 0 saturated carbocycles. The van der Waals surface area contributed by atoms with Gasteiger partial charge in [-0.2, -0.15) is 4.31 Å². The monoisotopic (exact) mass is 349 g/mol. The van der Waals surface area contributed by atoms with E-state index in [1.54, 1.807) is 6.92 Å². The maximum Gasteiger partial charge on any atom is 0.269 e. The number of benzene rings is 1. The van der Waals surface area contributed by atoms with Gasteiger partial charge in [-0.25, -0.2) is 8.42 Å². The van der Waals surface area contributed by atoms with E-state index in [9.17, 15) is 18.5 Å². The minimum absolute atomic E-state index is 0. The number of sulfonamides is 1. The molecule has 7 nitrogen and oxygen atoms in total. The Balaban J connectivity index is 0.00000242. The number of nitro benzene ring substituents is 1. The summed E-state index contributed by atoms with van der Waals surface area (Å²) >= 11 is 0. The number of hydrogen-bond acceptors (Lipinski definition) is 5. The second-order valence-electron chi connectivity index (χ2n) is 5.50. The average molecular weight is 350 g/mol. The summed E-state index contributed by atoms with van der Waals surface area (Å²) in [5, 5.41) is 14.0. The van der Waals surface area contributed by atoms with E-state index >= 15 is 0 Å². The van der Waals surface area contributed by atoms with E-state index in [-0.39, 0.29) is 35.1 Å². The van der Waals surface area contributed by atoms with Crippen LogP contribution in [0.1, 0.15) is 19.4 Å². The standard InChI is InChI=1S/C13H19N3O4S.ClH/c1-9-6-12(16(17)18)4-5-13(9)21(19,20)15-7-10(2)14-11(3)8-15;/h4-6,10-11,14H,7-8H2,1-3H3;1H. The first-order valence-electron chi connectivity index (χ1n) is 6.73. The first kappa shape index (κ1) is 18.8. The van der Waals surface area contributed by atoms with Crippen LogP contribution in [-0.4, -0.2) is 42.8 Å². The lowest BCUT2D eigenvalue weighted by atomic mass is 10.2. The number of hydrogen-bond donors (Lipinski definition) is 1. The number of aryl methyl sites for hydroxylation is 1. The number of halogens is 1. The van der Waals surface area contributed by atoms with Crippen molar-refractivity contribution in [2.24, 2.45) is 0 Å².